The number of para-hydroxylation sites is 1. The van der Waals surface area contributed by atoms with Crippen molar-refractivity contribution in [3.8, 4) is 5.75 Å². The number of hydrogen-bond donors (Lipinski definition) is 1. The van der Waals surface area contributed by atoms with Crippen LogP contribution in [0.25, 0.3) is 0 Å². The molecule has 4 nitrogen and oxygen atoms in total. The fourth-order valence-electron chi connectivity index (χ4n) is 2.22. The van der Waals surface area contributed by atoms with Gasteiger partial charge in [-0.1, -0.05) is 32.0 Å². The molecule has 0 fully saturated rings. The van der Waals surface area contributed by atoms with E-state index in [1.165, 1.54) is 0 Å². The van der Waals surface area contributed by atoms with Crippen LogP contribution in [0.15, 0.2) is 24.3 Å². The predicted molar refractivity (Wildman–Crippen MR) is 83.0 cm³/mol. The van der Waals surface area contributed by atoms with Gasteiger partial charge in [0.05, 0.1) is 12.9 Å². The first-order valence-electron chi connectivity index (χ1n) is 7.10. The monoisotopic (exact) mass is 299 g/mol. The lowest BCUT2D eigenvalue weighted by atomic mass is 10.0. The molecule has 0 radical (unpaired) electrons. The average Bonchev–Trinajstić information content (AvgIpc) is 2.46. The van der Waals surface area contributed by atoms with E-state index in [-0.39, 0.29) is 17.5 Å². The van der Waals surface area contributed by atoms with E-state index in [0.29, 0.717) is 6.42 Å². The van der Waals surface area contributed by atoms with Crippen LogP contribution in [0.2, 0.25) is 0 Å². The first-order chi connectivity index (χ1) is 9.54. The van der Waals surface area contributed by atoms with Gasteiger partial charge in [-0.05, 0) is 25.5 Å². The molecule has 0 saturated heterocycles. The van der Waals surface area contributed by atoms with Gasteiger partial charge in [-0.15, -0.1) is 0 Å². The van der Waals surface area contributed by atoms with Crippen LogP contribution in [0.5, 0.6) is 5.75 Å². The van der Waals surface area contributed by atoms with E-state index < -0.39 is 9.84 Å². The summed E-state index contributed by atoms with van der Waals surface area (Å²) in [7, 11) is -1.23. The van der Waals surface area contributed by atoms with Gasteiger partial charge in [0.25, 0.3) is 0 Å². The highest BCUT2D eigenvalue weighted by molar-refractivity contribution is 7.91. The molecule has 1 unspecified atom stereocenters. The van der Waals surface area contributed by atoms with Crippen LogP contribution < -0.4 is 10.1 Å². The summed E-state index contributed by atoms with van der Waals surface area (Å²) >= 11 is 0. The van der Waals surface area contributed by atoms with Crippen molar-refractivity contribution in [2.45, 2.75) is 32.7 Å². The van der Waals surface area contributed by atoms with Gasteiger partial charge in [0.2, 0.25) is 0 Å². The van der Waals surface area contributed by atoms with E-state index in [9.17, 15) is 8.42 Å². The highest BCUT2D eigenvalue weighted by Crippen LogP contribution is 2.27. The number of ether oxygens (including phenoxy) is 1. The fraction of sp³-hybridized carbons (Fsp3) is 0.600. The molecule has 1 N–H and O–H groups in total. The molecule has 20 heavy (non-hydrogen) atoms. The number of methoxy groups -OCH3 is 1. The molecule has 5 heteroatoms. The number of nitrogens with one attached hydrogen (secondary N) is 1. The van der Waals surface area contributed by atoms with E-state index in [4.69, 9.17) is 4.74 Å². The lowest BCUT2D eigenvalue weighted by molar-refractivity contribution is 0.395. The zero-order chi connectivity index (χ0) is 15.0. The largest absolute Gasteiger partial charge is 0.496 e. The van der Waals surface area contributed by atoms with Crippen molar-refractivity contribution >= 4 is 9.84 Å². The number of sulfone groups is 1. The molecule has 0 saturated carbocycles. The Morgan fingerprint density at radius 3 is 2.55 bits per heavy atom. The van der Waals surface area contributed by atoms with Crippen LogP contribution in [0, 0.1) is 0 Å². The molecule has 0 heterocycles. The summed E-state index contributed by atoms with van der Waals surface area (Å²) < 4.78 is 28.5. The number of rotatable bonds is 9. The second-order valence-corrected chi connectivity index (χ2v) is 7.20. The molecule has 0 spiro atoms. The Kier molecular flexibility index (Phi) is 7.02. The maximum absolute atomic E-state index is 11.6. The van der Waals surface area contributed by atoms with Crippen molar-refractivity contribution < 1.29 is 13.2 Å². The summed E-state index contributed by atoms with van der Waals surface area (Å²) in [6.07, 6.45) is 1.44. The van der Waals surface area contributed by atoms with E-state index in [1.807, 2.05) is 31.2 Å². The molecule has 114 valence electrons. The molecule has 0 aliphatic carbocycles. The first-order valence-corrected chi connectivity index (χ1v) is 8.93. The molecule has 1 atom stereocenters. The highest BCUT2D eigenvalue weighted by Gasteiger charge is 2.16. The highest BCUT2D eigenvalue weighted by atomic mass is 32.2. The third kappa shape index (κ3) is 5.13. The third-order valence-corrected chi connectivity index (χ3v) is 5.14. The summed E-state index contributed by atoms with van der Waals surface area (Å²) in [6.45, 7) is 4.58. The maximum Gasteiger partial charge on any atom is 0.150 e. The zero-order valence-electron chi connectivity index (χ0n) is 12.6. The van der Waals surface area contributed by atoms with Gasteiger partial charge >= 0.3 is 0 Å². The van der Waals surface area contributed by atoms with Gasteiger partial charge in [-0.2, -0.15) is 0 Å². The lowest BCUT2D eigenvalue weighted by Crippen LogP contribution is -2.22. The van der Waals surface area contributed by atoms with Crippen LogP contribution in [0.3, 0.4) is 0 Å². The molecule has 0 bridgehead atoms. The predicted octanol–water partition coefficient (Wildman–Crippen LogP) is 2.56. The molecule has 0 aliphatic rings. The minimum absolute atomic E-state index is 0.128. The minimum atomic E-state index is -2.89. The summed E-state index contributed by atoms with van der Waals surface area (Å²) in [5.74, 6) is 1.31. The molecule has 1 aromatic rings. The standard InChI is InChI=1S/C15H25NO3S/c1-4-16-14(10-8-12-20(17,18)5-2)13-9-6-7-11-15(13)19-3/h6-7,9,11,14,16H,4-5,8,10,12H2,1-3H3. The van der Waals surface area contributed by atoms with Gasteiger partial charge in [0.15, 0.2) is 0 Å². The summed E-state index contributed by atoms with van der Waals surface area (Å²) in [6, 6.07) is 8.00. The average molecular weight is 299 g/mol. The van der Waals surface area contributed by atoms with E-state index in [2.05, 4.69) is 5.32 Å². The normalized spacial score (nSPS) is 13.2. The van der Waals surface area contributed by atoms with Crippen LogP contribution in [-0.2, 0) is 9.84 Å². The van der Waals surface area contributed by atoms with Crippen molar-refractivity contribution in [2.24, 2.45) is 0 Å². The van der Waals surface area contributed by atoms with Crippen molar-refractivity contribution in [3.63, 3.8) is 0 Å². The topological polar surface area (TPSA) is 55.4 Å². The van der Waals surface area contributed by atoms with Crippen LogP contribution in [0.1, 0.15) is 38.3 Å². The van der Waals surface area contributed by atoms with E-state index in [0.717, 1.165) is 24.3 Å². The van der Waals surface area contributed by atoms with Gasteiger partial charge in [0.1, 0.15) is 15.6 Å². The van der Waals surface area contributed by atoms with Gasteiger partial charge in [0, 0.05) is 17.4 Å². The summed E-state index contributed by atoms with van der Waals surface area (Å²) in [4.78, 5) is 0. The molecular weight excluding hydrogens is 274 g/mol. The zero-order valence-corrected chi connectivity index (χ0v) is 13.4. The van der Waals surface area contributed by atoms with Gasteiger partial charge < -0.3 is 10.1 Å². The first kappa shape index (κ1) is 17.0. The summed E-state index contributed by atoms with van der Waals surface area (Å²) in [5, 5.41) is 3.40. The quantitative estimate of drug-likeness (QED) is 0.761. The van der Waals surface area contributed by atoms with Gasteiger partial charge in [-0.3, -0.25) is 0 Å². The molecule has 0 amide bonds. The van der Waals surface area contributed by atoms with Crippen molar-refractivity contribution in [1.29, 1.82) is 0 Å². The Morgan fingerprint density at radius 2 is 1.95 bits per heavy atom. The second kappa shape index (κ2) is 8.27. The van der Waals surface area contributed by atoms with Crippen molar-refractivity contribution in [3.05, 3.63) is 29.8 Å². The van der Waals surface area contributed by atoms with E-state index in [1.54, 1.807) is 14.0 Å². The maximum atomic E-state index is 11.6. The van der Waals surface area contributed by atoms with Crippen LogP contribution >= 0.6 is 0 Å². The molecule has 0 aliphatic heterocycles. The van der Waals surface area contributed by atoms with Crippen molar-refractivity contribution in [2.75, 3.05) is 25.2 Å². The fourth-order valence-corrected chi connectivity index (χ4v) is 3.12. The third-order valence-electron chi connectivity index (χ3n) is 3.35. The Hall–Kier alpha value is -1.07. The second-order valence-electron chi connectivity index (χ2n) is 4.73. The molecule has 1 rings (SSSR count). The molecule has 1 aromatic carbocycles. The minimum Gasteiger partial charge on any atom is -0.496 e. The Morgan fingerprint density at radius 1 is 1.25 bits per heavy atom. The van der Waals surface area contributed by atoms with E-state index >= 15 is 0 Å². The molecular formula is C15H25NO3S. The number of hydrogen-bond acceptors (Lipinski definition) is 4. The Bertz CT molecular complexity index is 500. The SMILES string of the molecule is CCNC(CCCS(=O)(=O)CC)c1ccccc1OC. The Labute approximate surface area is 122 Å². The van der Waals surface area contributed by atoms with Gasteiger partial charge in [-0.25, -0.2) is 8.42 Å². The van der Waals surface area contributed by atoms with Crippen LogP contribution in [0.4, 0.5) is 0 Å². The number of benzene rings is 1. The lowest BCUT2D eigenvalue weighted by Gasteiger charge is -2.20. The smallest absolute Gasteiger partial charge is 0.150 e. The van der Waals surface area contributed by atoms with Crippen molar-refractivity contribution in [1.82, 2.24) is 5.32 Å². The molecule has 0 aromatic heterocycles. The van der Waals surface area contributed by atoms with Crippen LogP contribution in [-0.4, -0.2) is 33.6 Å². The summed E-state index contributed by atoms with van der Waals surface area (Å²) in [5.41, 5.74) is 1.09. The Balaban J connectivity index is 2.74.